The molecule has 1 amide bonds. The SMILES string of the molecule is CN1CCCC(Nc2ncc(Cl)c(-c3cn(S(=O)(=O)c4ccccc4)c4ccccc34)n2)C1.Nc1ccc(NC=O)cc1. The second-order valence-electron chi connectivity index (χ2n) is 10.2. The second-order valence-corrected chi connectivity index (χ2v) is 12.4. The number of hydrogen-bond acceptors (Lipinski definition) is 8. The number of carbonyl (C=O) groups excluding carboxylic acids is 1. The van der Waals surface area contributed by atoms with Crippen LogP contribution in [0, 0.1) is 0 Å². The summed E-state index contributed by atoms with van der Waals surface area (Å²) in [6.07, 6.45) is 5.95. The molecule has 1 fully saturated rings. The van der Waals surface area contributed by atoms with Crippen LogP contribution in [0.1, 0.15) is 12.8 Å². The number of fused-ring (bicyclic) bond motifs is 1. The summed E-state index contributed by atoms with van der Waals surface area (Å²) < 4.78 is 28.1. The van der Waals surface area contributed by atoms with Crippen molar-refractivity contribution in [1.82, 2.24) is 18.8 Å². The highest BCUT2D eigenvalue weighted by Gasteiger charge is 2.24. The number of likely N-dealkylation sites (tertiary alicyclic amines) is 1. The Morgan fingerprint density at radius 2 is 1.74 bits per heavy atom. The Morgan fingerprint density at radius 3 is 2.47 bits per heavy atom. The predicted molar refractivity (Wildman–Crippen MR) is 172 cm³/mol. The van der Waals surface area contributed by atoms with Gasteiger partial charge in [0.05, 0.1) is 27.3 Å². The molecular weight excluding hydrogens is 586 g/mol. The van der Waals surface area contributed by atoms with E-state index in [-0.39, 0.29) is 10.9 Å². The van der Waals surface area contributed by atoms with Crippen LogP contribution in [0.5, 0.6) is 0 Å². The Labute approximate surface area is 255 Å². The Kier molecular flexibility index (Phi) is 9.24. The third-order valence-electron chi connectivity index (χ3n) is 7.07. The van der Waals surface area contributed by atoms with E-state index in [0.29, 0.717) is 39.8 Å². The highest BCUT2D eigenvalue weighted by molar-refractivity contribution is 7.90. The smallest absolute Gasteiger partial charge is 0.268 e. The summed E-state index contributed by atoms with van der Waals surface area (Å²) >= 11 is 6.52. The number of halogens is 1. The van der Waals surface area contributed by atoms with Gasteiger partial charge in [-0.25, -0.2) is 22.4 Å². The van der Waals surface area contributed by atoms with E-state index < -0.39 is 10.0 Å². The van der Waals surface area contributed by atoms with Gasteiger partial charge in [-0.3, -0.25) is 4.79 Å². The van der Waals surface area contributed by atoms with Gasteiger partial charge in [0.1, 0.15) is 0 Å². The van der Waals surface area contributed by atoms with Crippen LogP contribution >= 0.6 is 11.6 Å². The summed E-state index contributed by atoms with van der Waals surface area (Å²) in [6.45, 7) is 2.00. The molecule has 0 bridgehead atoms. The van der Waals surface area contributed by atoms with Crippen LogP contribution in [0.2, 0.25) is 5.02 Å². The highest BCUT2D eigenvalue weighted by atomic mass is 35.5. The summed E-state index contributed by atoms with van der Waals surface area (Å²) in [5.74, 6) is 0.484. The van der Waals surface area contributed by atoms with Gasteiger partial charge in [0, 0.05) is 41.1 Å². The van der Waals surface area contributed by atoms with E-state index in [9.17, 15) is 13.2 Å². The van der Waals surface area contributed by atoms with E-state index in [0.717, 1.165) is 37.0 Å². The zero-order valence-corrected chi connectivity index (χ0v) is 25.1. The molecule has 0 aliphatic carbocycles. The molecule has 0 spiro atoms. The molecule has 222 valence electrons. The third-order valence-corrected chi connectivity index (χ3v) is 9.04. The fourth-order valence-corrected chi connectivity index (χ4v) is 6.57. The van der Waals surface area contributed by atoms with E-state index >= 15 is 0 Å². The van der Waals surface area contributed by atoms with Crippen LogP contribution < -0.4 is 16.4 Å². The fourth-order valence-electron chi connectivity index (χ4n) is 4.98. The fraction of sp³-hybridized carbons (Fsp3) is 0.194. The summed E-state index contributed by atoms with van der Waals surface area (Å²) in [4.78, 5) is 21.5. The molecule has 5 aromatic rings. The first-order valence-electron chi connectivity index (χ1n) is 13.7. The molecule has 1 aliphatic rings. The normalized spacial score (nSPS) is 15.3. The van der Waals surface area contributed by atoms with Crippen LogP contribution in [-0.2, 0) is 14.8 Å². The topological polar surface area (TPSA) is 135 Å². The second kappa shape index (κ2) is 13.2. The maximum absolute atomic E-state index is 13.4. The molecule has 1 aliphatic heterocycles. The van der Waals surface area contributed by atoms with E-state index in [4.69, 9.17) is 22.3 Å². The van der Waals surface area contributed by atoms with Crippen molar-refractivity contribution in [3.8, 4) is 11.3 Å². The van der Waals surface area contributed by atoms with Gasteiger partial charge < -0.3 is 21.3 Å². The standard InChI is InChI=1S/C24H24ClN5O2S.C7H8N2O/c1-29-13-7-8-17(15-29)27-24-26-14-21(25)23(28-24)20-16-30(22-12-6-5-11-19(20)22)33(31,32)18-9-3-2-4-10-18;8-6-1-3-7(4-2-6)9-5-10/h2-6,9-12,14,16-17H,7-8,13,15H2,1H3,(H,26,27,28);1-5H,8H2,(H,9,10). The number of aromatic nitrogens is 3. The number of rotatable bonds is 7. The van der Waals surface area contributed by atoms with Gasteiger partial charge in [0.25, 0.3) is 10.0 Å². The van der Waals surface area contributed by atoms with Crippen molar-refractivity contribution in [1.29, 1.82) is 0 Å². The number of likely N-dealkylation sites (N-methyl/N-ethyl adjacent to an activating group) is 1. The number of benzene rings is 3. The molecule has 1 unspecified atom stereocenters. The lowest BCUT2D eigenvalue weighted by Gasteiger charge is -2.30. The van der Waals surface area contributed by atoms with Gasteiger partial charge in [-0.05, 0) is 68.9 Å². The zero-order valence-electron chi connectivity index (χ0n) is 23.5. The van der Waals surface area contributed by atoms with Gasteiger partial charge in [-0.1, -0.05) is 48.0 Å². The van der Waals surface area contributed by atoms with Crippen LogP contribution in [0.15, 0.2) is 96.2 Å². The Bertz CT molecular complexity index is 1810. The monoisotopic (exact) mass is 617 g/mol. The molecule has 1 atom stereocenters. The number of carbonyl (C=O) groups is 1. The third kappa shape index (κ3) is 6.96. The molecular formula is C31H32ClN7O3S. The molecule has 0 saturated carbocycles. The molecule has 4 N–H and O–H groups in total. The average molecular weight is 618 g/mol. The van der Waals surface area contributed by atoms with Gasteiger partial charge in [0.15, 0.2) is 0 Å². The molecule has 10 nitrogen and oxygen atoms in total. The number of nitrogens with zero attached hydrogens (tertiary/aromatic N) is 4. The molecule has 3 heterocycles. The first kappa shape index (κ1) is 30.0. The molecule has 6 rings (SSSR count). The van der Waals surface area contributed by atoms with Gasteiger partial charge in [0.2, 0.25) is 12.4 Å². The van der Waals surface area contributed by atoms with Gasteiger partial charge >= 0.3 is 0 Å². The van der Waals surface area contributed by atoms with Crippen LogP contribution in [0.4, 0.5) is 17.3 Å². The minimum Gasteiger partial charge on any atom is -0.399 e. The summed E-state index contributed by atoms with van der Waals surface area (Å²) in [5, 5.41) is 7.02. The molecule has 12 heteroatoms. The number of para-hydroxylation sites is 1. The quantitative estimate of drug-likeness (QED) is 0.165. The van der Waals surface area contributed by atoms with Crippen molar-refractivity contribution in [3.05, 3.63) is 96.3 Å². The number of nitrogen functional groups attached to an aromatic ring is 1. The van der Waals surface area contributed by atoms with E-state index in [2.05, 4.69) is 27.6 Å². The number of amides is 1. The number of piperidine rings is 1. The highest BCUT2D eigenvalue weighted by Crippen LogP contribution is 2.35. The van der Waals surface area contributed by atoms with Crippen LogP contribution in [-0.4, -0.2) is 59.8 Å². The lowest BCUT2D eigenvalue weighted by atomic mass is 10.1. The van der Waals surface area contributed by atoms with Crippen molar-refractivity contribution in [3.63, 3.8) is 0 Å². The maximum Gasteiger partial charge on any atom is 0.268 e. The van der Waals surface area contributed by atoms with E-state index in [1.54, 1.807) is 73.1 Å². The van der Waals surface area contributed by atoms with Crippen molar-refractivity contribution in [2.75, 3.05) is 36.5 Å². The lowest BCUT2D eigenvalue weighted by molar-refractivity contribution is -0.105. The minimum absolute atomic E-state index is 0.217. The van der Waals surface area contributed by atoms with Crippen LogP contribution in [0.25, 0.3) is 22.2 Å². The molecule has 1 saturated heterocycles. The number of nitrogens with one attached hydrogen (secondary N) is 2. The summed E-state index contributed by atoms with van der Waals surface area (Å²) in [5.41, 5.74) is 8.55. The average Bonchev–Trinajstić information content (AvgIpc) is 3.41. The number of hydrogen-bond donors (Lipinski definition) is 3. The lowest BCUT2D eigenvalue weighted by Crippen LogP contribution is -2.40. The van der Waals surface area contributed by atoms with Crippen molar-refractivity contribution in [2.45, 2.75) is 23.8 Å². The molecule has 0 radical (unpaired) electrons. The first-order chi connectivity index (χ1) is 20.8. The van der Waals surface area contributed by atoms with Crippen LogP contribution in [0.3, 0.4) is 0 Å². The molecule has 3 aromatic carbocycles. The van der Waals surface area contributed by atoms with Gasteiger partial charge in [-0.2, -0.15) is 0 Å². The Balaban J connectivity index is 0.000000314. The summed E-state index contributed by atoms with van der Waals surface area (Å²) in [7, 11) is -1.69. The van der Waals surface area contributed by atoms with E-state index in [1.165, 1.54) is 3.97 Å². The molecule has 2 aromatic heterocycles. The first-order valence-corrected chi connectivity index (χ1v) is 15.5. The van der Waals surface area contributed by atoms with Crippen molar-refractivity contribution >= 4 is 56.3 Å². The zero-order chi connectivity index (χ0) is 30.4. The minimum atomic E-state index is -3.80. The number of nitrogens with two attached hydrogens (primary N) is 1. The summed E-state index contributed by atoms with van der Waals surface area (Å²) in [6, 6.07) is 22.9. The Morgan fingerprint density at radius 1 is 1.02 bits per heavy atom. The predicted octanol–water partition coefficient (Wildman–Crippen LogP) is 5.33. The largest absolute Gasteiger partial charge is 0.399 e. The van der Waals surface area contributed by atoms with Gasteiger partial charge in [-0.15, -0.1) is 0 Å². The van der Waals surface area contributed by atoms with E-state index in [1.807, 2.05) is 18.2 Å². The van der Waals surface area contributed by atoms with Crippen molar-refractivity contribution in [2.24, 2.45) is 0 Å². The Hall–Kier alpha value is -4.45. The maximum atomic E-state index is 13.4. The number of anilines is 3. The van der Waals surface area contributed by atoms with Crippen molar-refractivity contribution < 1.29 is 13.2 Å². The molecule has 43 heavy (non-hydrogen) atoms.